The van der Waals surface area contributed by atoms with E-state index in [-0.39, 0.29) is 6.10 Å². The van der Waals surface area contributed by atoms with Crippen LogP contribution in [0, 0.1) is 0 Å². The van der Waals surface area contributed by atoms with Gasteiger partial charge in [0.05, 0.1) is 6.10 Å². The van der Waals surface area contributed by atoms with Crippen LogP contribution in [0.5, 0.6) is 0 Å². The van der Waals surface area contributed by atoms with E-state index in [0.29, 0.717) is 6.54 Å². The number of likely N-dealkylation sites (N-methyl/N-ethyl adjacent to an activating group) is 1. The fourth-order valence-corrected chi connectivity index (χ4v) is 1.20. The Labute approximate surface area is 72.4 Å². The Morgan fingerprint density at radius 1 is 1.75 bits per heavy atom. The lowest BCUT2D eigenvalue weighted by molar-refractivity contribution is 0.201. The van der Waals surface area contributed by atoms with E-state index < -0.39 is 0 Å². The third kappa shape index (κ3) is 1.98. The van der Waals surface area contributed by atoms with E-state index in [2.05, 4.69) is 4.98 Å². The van der Waals surface area contributed by atoms with Gasteiger partial charge in [0.25, 0.3) is 0 Å². The van der Waals surface area contributed by atoms with Crippen LogP contribution in [0.15, 0.2) is 12.4 Å². The Hall–Kier alpha value is -1.03. The number of aromatic nitrogens is 2. The molecule has 0 saturated heterocycles. The highest BCUT2D eigenvalue weighted by Gasteiger charge is 2.07. The standard InChI is InChI=1S/C8H15N3O/c1-7(12)6-11(3)8-9-4-5-10(8)2/h4-5,7,12H,6H2,1-3H3. The third-order valence-electron chi connectivity index (χ3n) is 1.68. The number of rotatable bonds is 3. The van der Waals surface area contributed by atoms with Crippen molar-refractivity contribution in [1.82, 2.24) is 9.55 Å². The fourth-order valence-electron chi connectivity index (χ4n) is 1.20. The van der Waals surface area contributed by atoms with Gasteiger partial charge in [0, 0.05) is 33.0 Å². The number of hydrogen-bond acceptors (Lipinski definition) is 3. The predicted molar refractivity (Wildman–Crippen MR) is 48.2 cm³/mol. The Morgan fingerprint density at radius 3 is 2.83 bits per heavy atom. The first kappa shape index (κ1) is 9.06. The van der Waals surface area contributed by atoms with Crippen LogP contribution in [0.3, 0.4) is 0 Å². The molecule has 4 nitrogen and oxygen atoms in total. The van der Waals surface area contributed by atoms with Crippen molar-refractivity contribution in [2.24, 2.45) is 7.05 Å². The smallest absolute Gasteiger partial charge is 0.204 e. The molecule has 1 aromatic heterocycles. The van der Waals surface area contributed by atoms with Crippen molar-refractivity contribution >= 4 is 5.95 Å². The molecule has 1 N–H and O–H groups in total. The number of imidazole rings is 1. The highest BCUT2D eigenvalue weighted by atomic mass is 16.3. The number of aryl methyl sites for hydroxylation is 1. The summed E-state index contributed by atoms with van der Waals surface area (Å²) in [7, 11) is 3.84. The summed E-state index contributed by atoms with van der Waals surface area (Å²) in [6, 6.07) is 0. The maximum Gasteiger partial charge on any atom is 0.204 e. The molecule has 1 rings (SSSR count). The molecule has 0 saturated carbocycles. The van der Waals surface area contributed by atoms with E-state index in [9.17, 15) is 0 Å². The number of anilines is 1. The van der Waals surface area contributed by atoms with Gasteiger partial charge >= 0.3 is 0 Å². The zero-order valence-electron chi connectivity index (χ0n) is 7.73. The number of aliphatic hydroxyl groups is 1. The normalized spacial score (nSPS) is 13.0. The maximum absolute atomic E-state index is 9.13. The zero-order valence-corrected chi connectivity index (χ0v) is 7.73. The molecule has 0 spiro atoms. The van der Waals surface area contributed by atoms with Gasteiger partial charge in [-0.25, -0.2) is 4.98 Å². The minimum atomic E-state index is -0.327. The summed E-state index contributed by atoms with van der Waals surface area (Å²) < 4.78 is 1.92. The molecule has 0 fully saturated rings. The average Bonchev–Trinajstić information content (AvgIpc) is 2.33. The van der Waals surface area contributed by atoms with Gasteiger partial charge in [-0.2, -0.15) is 0 Å². The van der Waals surface area contributed by atoms with E-state index in [1.807, 2.05) is 29.8 Å². The molecule has 1 atom stereocenters. The molecule has 68 valence electrons. The average molecular weight is 169 g/mol. The number of nitrogens with zero attached hydrogens (tertiary/aromatic N) is 3. The van der Waals surface area contributed by atoms with Crippen LogP contribution in [-0.2, 0) is 7.05 Å². The SMILES string of the molecule is CC(O)CN(C)c1nccn1C. The van der Waals surface area contributed by atoms with Crippen molar-refractivity contribution < 1.29 is 5.11 Å². The van der Waals surface area contributed by atoms with Crippen molar-refractivity contribution in [3.63, 3.8) is 0 Å². The fraction of sp³-hybridized carbons (Fsp3) is 0.625. The predicted octanol–water partition coefficient (Wildman–Crippen LogP) is 0.237. The van der Waals surface area contributed by atoms with E-state index in [0.717, 1.165) is 5.95 Å². The van der Waals surface area contributed by atoms with Crippen molar-refractivity contribution in [2.75, 3.05) is 18.5 Å². The van der Waals surface area contributed by atoms with Gasteiger partial charge in [-0.05, 0) is 6.92 Å². The van der Waals surface area contributed by atoms with Gasteiger partial charge in [-0.15, -0.1) is 0 Å². The van der Waals surface area contributed by atoms with Crippen molar-refractivity contribution in [3.8, 4) is 0 Å². The van der Waals surface area contributed by atoms with Crippen LogP contribution in [-0.4, -0.2) is 34.4 Å². The van der Waals surface area contributed by atoms with Gasteiger partial charge in [-0.1, -0.05) is 0 Å². The molecule has 1 heterocycles. The van der Waals surface area contributed by atoms with Crippen LogP contribution in [0.2, 0.25) is 0 Å². The highest BCUT2D eigenvalue weighted by molar-refractivity contribution is 5.29. The second-order valence-electron chi connectivity index (χ2n) is 3.07. The Bertz CT molecular complexity index is 244. The largest absolute Gasteiger partial charge is 0.392 e. The molecule has 0 aliphatic heterocycles. The molecule has 0 amide bonds. The Balaban J connectivity index is 2.65. The highest BCUT2D eigenvalue weighted by Crippen LogP contribution is 2.07. The topological polar surface area (TPSA) is 41.3 Å². The Morgan fingerprint density at radius 2 is 2.42 bits per heavy atom. The summed E-state index contributed by atoms with van der Waals surface area (Å²) in [5, 5.41) is 9.13. The molecule has 12 heavy (non-hydrogen) atoms. The van der Waals surface area contributed by atoms with E-state index in [1.54, 1.807) is 13.1 Å². The lowest BCUT2D eigenvalue weighted by Gasteiger charge is -2.19. The number of aliphatic hydroxyl groups excluding tert-OH is 1. The third-order valence-corrected chi connectivity index (χ3v) is 1.68. The minimum absolute atomic E-state index is 0.327. The van der Waals surface area contributed by atoms with E-state index in [1.165, 1.54) is 0 Å². The van der Waals surface area contributed by atoms with Crippen LogP contribution in [0.25, 0.3) is 0 Å². The van der Waals surface area contributed by atoms with Crippen molar-refractivity contribution in [2.45, 2.75) is 13.0 Å². The summed E-state index contributed by atoms with van der Waals surface area (Å²) in [4.78, 5) is 6.07. The molecule has 1 aromatic rings. The quantitative estimate of drug-likeness (QED) is 0.704. The summed E-state index contributed by atoms with van der Waals surface area (Å²) in [5.74, 6) is 0.871. The molecule has 4 heteroatoms. The molecular weight excluding hydrogens is 154 g/mol. The monoisotopic (exact) mass is 169 g/mol. The van der Waals surface area contributed by atoms with Crippen molar-refractivity contribution in [1.29, 1.82) is 0 Å². The zero-order chi connectivity index (χ0) is 9.14. The molecular formula is C8H15N3O. The first-order valence-corrected chi connectivity index (χ1v) is 3.98. The van der Waals surface area contributed by atoms with Gasteiger partial charge in [0.2, 0.25) is 5.95 Å². The Kier molecular flexibility index (Phi) is 2.70. The minimum Gasteiger partial charge on any atom is -0.392 e. The van der Waals surface area contributed by atoms with Crippen LogP contribution in [0.4, 0.5) is 5.95 Å². The maximum atomic E-state index is 9.13. The van der Waals surface area contributed by atoms with E-state index in [4.69, 9.17) is 5.11 Å². The van der Waals surface area contributed by atoms with Crippen LogP contribution < -0.4 is 4.90 Å². The molecule has 0 aliphatic carbocycles. The first-order chi connectivity index (χ1) is 5.61. The number of hydrogen-bond donors (Lipinski definition) is 1. The van der Waals surface area contributed by atoms with Crippen molar-refractivity contribution in [3.05, 3.63) is 12.4 Å². The van der Waals surface area contributed by atoms with Gasteiger partial charge in [0.1, 0.15) is 0 Å². The van der Waals surface area contributed by atoms with E-state index >= 15 is 0 Å². The molecule has 0 aliphatic rings. The lowest BCUT2D eigenvalue weighted by atomic mass is 10.4. The summed E-state index contributed by atoms with van der Waals surface area (Å²) in [6.07, 6.45) is 3.30. The molecule has 0 bridgehead atoms. The van der Waals surface area contributed by atoms with Gasteiger partial charge in [0.15, 0.2) is 0 Å². The van der Waals surface area contributed by atoms with Crippen LogP contribution >= 0.6 is 0 Å². The molecule has 0 aromatic carbocycles. The summed E-state index contributed by atoms with van der Waals surface area (Å²) in [6.45, 7) is 2.37. The second-order valence-corrected chi connectivity index (χ2v) is 3.07. The van der Waals surface area contributed by atoms with Crippen LogP contribution in [0.1, 0.15) is 6.92 Å². The first-order valence-electron chi connectivity index (χ1n) is 3.98. The second kappa shape index (κ2) is 3.58. The summed E-state index contributed by atoms with van der Waals surface area (Å²) in [5.41, 5.74) is 0. The van der Waals surface area contributed by atoms with Gasteiger partial charge < -0.3 is 14.6 Å². The molecule has 1 unspecified atom stereocenters. The molecule has 0 radical (unpaired) electrons. The summed E-state index contributed by atoms with van der Waals surface area (Å²) >= 11 is 0. The van der Waals surface area contributed by atoms with Gasteiger partial charge in [-0.3, -0.25) is 0 Å². The lowest BCUT2D eigenvalue weighted by Crippen LogP contribution is -2.28.